The summed E-state index contributed by atoms with van der Waals surface area (Å²) in [6.07, 6.45) is 0.325. The molecular weight excluding hydrogens is 392 g/mol. The monoisotopic (exact) mass is 420 g/mol. The maximum atomic E-state index is 12.5. The summed E-state index contributed by atoms with van der Waals surface area (Å²) < 4.78 is 15.8. The van der Waals surface area contributed by atoms with Crippen LogP contribution in [0.5, 0.6) is 5.75 Å². The quantitative estimate of drug-likeness (QED) is 0.411. The van der Waals surface area contributed by atoms with Crippen molar-refractivity contribution in [1.82, 2.24) is 0 Å². The molecule has 5 nitrogen and oxygen atoms in total. The number of ether oxygens (including phenoxy) is 3. The van der Waals surface area contributed by atoms with Gasteiger partial charge >= 0.3 is 11.9 Å². The van der Waals surface area contributed by atoms with E-state index in [1.165, 1.54) is 14.2 Å². The maximum Gasteiger partial charge on any atom is 0.323 e. The van der Waals surface area contributed by atoms with Crippen LogP contribution in [0.25, 0.3) is 0 Å². The molecule has 0 saturated heterocycles. The van der Waals surface area contributed by atoms with E-state index < -0.39 is 17.4 Å². The van der Waals surface area contributed by atoms with Crippen LogP contribution in [0.15, 0.2) is 48.5 Å². The van der Waals surface area contributed by atoms with E-state index in [9.17, 15) is 9.59 Å². The van der Waals surface area contributed by atoms with Gasteiger partial charge in [-0.05, 0) is 41.2 Å². The molecule has 0 N–H and O–H groups in total. The first-order chi connectivity index (χ1) is 14.7. The second-order valence-electron chi connectivity index (χ2n) is 8.67. The Kier molecular flexibility index (Phi) is 6.40. The van der Waals surface area contributed by atoms with Crippen LogP contribution in [0.2, 0.25) is 0 Å². The van der Waals surface area contributed by atoms with Gasteiger partial charge in [0.05, 0.1) is 14.2 Å². The van der Waals surface area contributed by atoms with E-state index >= 15 is 0 Å². The van der Waals surface area contributed by atoms with Crippen molar-refractivity contribution in [2.45, 2.75) is 38.5 Å². The fourth-order valence-electron chi connectivity index (χ4n) is 3.73. The molecule has 3 rings (SSSR count). The summed E-state index contributed by atoms with van der Waals surface area (Å²) in [5.41, 5.74) is 1.36. The first-order valence-corrected chi connectivity index (χ1v) is 10.2. The molecule has 2 aromatic carbocycles. The zero-order valence-corrected chi connectivity index (χ0v) is 18.7. The van der Waals surface area contributed by atoms with Crippen molar-refractivity contribution < 1.29 is 23.8 Å². The molecule has 0 aromatic heterocycles. The molecule has 0 bridgehead atoms. The van der Waals surface area contributed by atoms with Crippen molar-refractivity contribution in [2.24, 2.45) is 5.41 Å². The summed E-state index contributed by atoms with van der Waals surface area (Å²) in [4.78, 5) is 25.0. The van der Waals surface area contributed by atoms with Crippen molar-refractivity contribution in [3.8, 4) is 17.6 Å². The fourth-order valence-corrected chi connectivity index (χ4v) is 3.73. The second-order valence-corrected chi connectivity index (χ2v) is 8.67. The summed E-state index contributed by atoms with van der Waals surface area (Å²) in [5.74, 6) is 5.15. The normalized spacial score (nSPS) is 16.5. The summed E-state index contributed by atoms with van der Waals surface area (Å²) in [7, 11) is 2.56. The number of carbonyl (C=O) groups excluding carboxylic acids is 2. The Morgan fingerprint density at radius 1 is 1.03 bits per heavy atom. The first-order valence-electron chi connectivity index (χ1n) is 10.2. The molecule has 1 atom stereocenters. The van der Waals surface area contributed by atoms with Crippen LogP contribution in [0.3, 0.4) is 0 Å². The number of hydrogen-bond donors (Lipinski definition) is 0. The van der Waals surface area contributed by atoms with Crippen LogP contribution in [0.4, 0.5) is 0 Å². The molecule has 31 heavy (non-hydrogen) atoms. The fraction of sp³-hybridized carbons (Fsp3) is 0.385. The van der Waals surface area contributed by atoms with Gasteiger partial charge in [0.15, 0.2) is 5.41 Å². The number of carbonyl (C=O) groups is 2. The number of esters is 2. The predicted octanol–water partition coefficient (Wildman–Crippen LogP) is 4.23. The van der Waals surface area contributed by atoms with Crippen molar-refractivity contribution in [2.75, 3.05) is 20.8 Å². The number of benzene rings is 2. The molecule has 1 saturated carbocycles. The Balaban J connectivity index is 1.91. The van der Waals surface area contributed by atoms with Crippen molar-refractivity contribution in [3.63, 3.8) is 0 Å². The predicted molar refractivity (Wildman–Crippen MR) is 118 cm³/mol. The standard InChI is InChI=1S/C26H28O5/c1-25(2,3)19-13-14-22(31-15-9-12-18-10-7-6-8-11-18)20(16-19)21-17-26(21,23(27)29-4)24(28)30-5/h6-8,10-11,13-14,16,21H,15,17H2,1-5H3. The van der Waals surface area contributed by atoms with Gasteiger partial charge in [-0.3, -0.25) is 9.59 Å². The van der Waals surface area contributed by atoms with Crippen molar-refractivity contribution >= 4 is 11.9 Å². The van der Waals surface area contributed by atoms with Gasteiger partial charge < -0.3 is 14.2 Å². The van der Waals surface area contributed by atoms with Crippen molar-refractivity contribution in [3.05, 3.63) is 65.2 Å². The summed E-state index contributed by atoms with van der Waals surface area (Å²) in [6.45, 7) is 6.52. The lowest BCUT2D eigenvalue weighted by Gasteiger charge is -2.22. The van der Waals surface area contributed by atoms with Crippen LogP contribution in [0, 0.1) is 17.3 Å². The highest BCUT2D eigenvalue weighted by Crippen LogP contribution is 2.62. The Hall–Kier alpha value is -3.26. The zero-order chi connectivity index (χ0) is 22.6. The largest absolute Gasteiger partial charge is 0.481 e. The first kappa shape index (κ1) is 22.4. The summed E-state index contributed by atoms with van der Waals surface area (Å²) in [6, 6.07) is 15.6. The molecule has 2 aromatic rings. The van der Waals surface area contributed by atoms with Gasteiger partial charge in [0.25, 0.3) is 0 Å². The maximum absolute atomic E-state index is 12.5. The zero-order valence-electron chi connectivity index (χ0n) is 18.7. The molecule has 162 valence electrons. The van der Waals surface area contributed by atoms with Gasteiger partial charge in [0.2, 0.25) is 0 Å². The molecule has 0 heterocycles. The Morgan fingerprint density at radius 2 is 1.68 bits per heavy atom. The third kappa shape index (κ3) is 4.59. The van der Waals surface area contributed by atoms with Crippen LogP contribution < -0.4 is 4.74 Å². The molecule has 0 aliphatic heterocycles. The van der Waals surface area contributed by atoms with E-state index in [1.54, 1.807) is 0 Å². The average Bonchev–Trinajstić information content (AvgIpc) is 3.52. The molecule has 5 heteroatoms. The molecule has 1 aliphatic carbocycles. The summed E-state index contributed by atoms with van der Waals surface area (Å²) in [5, 5.41) is 0. The highest BCUT2D eigenvalue weighted by atomic mass is 16.5. The molecule has 1 unspecified atom stereocenters. The molecule has 1 fully saturated rings. The third-order valence-electron chi connectivity index (χ3n) is 5.62. The Bertz CT molecular complexity index is 1010. The number of hydrogen-bond acceptors (Lipinski definition) is 5. The van der Waals surface area contributed by atoms with E-state index in [4.69, 9.17) is 14.2 Å². The average molecular weight is 421 g/mol. The number of rotatable bonds is 5. The SMILES string of the molecule is COC(=O)C1(C(=O)OC)CC1c1cc(C(C)(C)C)ccc1OCC#Cc1ccccc1. The van der Waals surface area contributed by atoms with Crippen LogP contribution in [-0.2, 0) is 24.5 Å². The van der Waals surface area contributed by atoms with Gasteiger partial charge in [0.1, 0.15) is 12.4 Å². The second kappa shape index (κ2) is 8.85. The van der Waals surface area contributed by atoms with E-state index in [-0.39, 0.29) is 17.9 Å². The van der Waals surface area contributed by atoms with E-state index in [1.807, 2.05) is 48.5 Å². The lowest BCUT2D eigenvalue weighted by molar-refractivity contribution is -0.161. The van der Waals surface area contributed by atoms with Crippen LogP contribution in [-0.4, -0.2) is 32.8 Å². The Morgan fingerprint density at radius 3 is 2.26 bits per heavy atom. The van der Waals surface area contributed by atoms with Gasteiger partial charge in [-0.2, -0.15) is 0 Å². The molecule has 0 spiro atoms. The van der Waals surface area contributed by atoms with Crippen LogP contribution >= 0.6 is 0 Å². The van der Waals surface area contributed by atoms with E-state index in [2.05, 4.69) is 32.6 Å². The van der Waals surface area contributed by atoms with Gasteiger partial charge in [-0.15, -0.1) is 0 Å². The molecule has 0 radical (unpaired) electrons. The minimum atomic E-state index is -1.33. The van der Waals surface area contributed by atoms with Crippen LogP contribution in [0.1, 0.15) is 49.8 Å². The van der Waals surface area contributed by atoms with E-state index in [0.717, 1.165) is 16.7 Å². The topological polar surface area (TPSA) is 61.8 Å². The van der Waals surface area contributed by atoms with Crippen molar-refractivity contribution in [1.29, 1.82) is 0 Å². The lowest BCUT2D eigenvalue weighted by atomic mass is 9.85. The minimum Gasteiger partial charge on any atom is -0.481 e. The minimum absolute atomic E-state index is 0.103. The highest BCUT2D eigenvalue weighted by molar-refractivity contribution is 6.05. The lowest BCUT2D eigenvalue weighted by Crippen LogP contribution is -2.30. The Labute approximate surface area is 183 Å². The van der Waals surface area contributed by atoms with E-state index in [0.29, 0.717) is 12.2 Å². The van der Waals surface area contributed by atoms with Gasteiger partial charge in [-0.1, -0.05) is 62.9 Å². The molecule has 1 aliphatic rings. The third-order valence-corrected chi connectivity index (χ3v) is 5.62. The van der Waals surface area contributed by atoms with Gasteiger partial charge in [0, 0.05) is 11.5 Å². The highest BCUT2D eigenvalue weighted by Gasteiger charge is 2.69. The smallest absolute Gasteiger partial charge is 0.323 e. The van der Waals surface area contributed by atoms with Gasteiger partial charge in [-0.25, -0.2) is 0 Å². The number of methoxy groups -OCH3 is 2. The molecular formula is C26H28O5. The summed E-state index contributed by atoms with van der Waals surface area (Å²) >= 11 is 0. The molecule has 0 amide bonds.